The minimum absolute atomic E-state index is 0.0608. The van der Waals surface area contributed by atoms with Crippen LogP contribution in [0, 0.1) is 11.6 Å². The molecule has 0 bridgehead atoms. The molecule has 0 saturated carbocycles. The van der Waals surface area contributed by atoms with Gasteiger partial charge in [0.1, 0.15) is 10.6 Å². The van der Waals surface area contributed by atoms with Crippen LogP contribution in [0.1, 0.15) is 22.8 Å². The van der Waals surface area contributed by atoms with E-state index in [1.807, 2.05) is 0 Å². The SMILES string of the molecule is COc1ccc(C=CC(=O)OC(C)C(=O)c2ccc(F)c(F)c2)cc1S(=O)(=O)N1CCOCC1. The molecule has 0 aromatic heterocycles. The number of ether oxygens (including phenoxy) is 3. The first-order valence-corrected chi connectivity index (χ1v) is 11.7. The third-order valence-electron chi connectivity index (χ3n) is 5.05. The predicted molar refractivity (Wildman–Crippen MR) is 118 cm³/mol. The summed E-state index contributed by atoms with van der Waals surface area (Å²) in [6, 6.07) is 7.01. The van der Waals surface area contributed by atoms with Gasteiger partial charge >= 0.3 is 5.97 Å². The van der Waals surface area contributed by atoms with Crippen LogP contribution in [0.3, 0.4) is 0 Å². The summed E-state index contributed by atoms with van der Waals surface area (Å²) >= 11 is 0. The number of sulfonamides is 1. The van der Waals surface area contributed by atoms with Gasteiger partial charge in [-0.2, -0.15) is 4.31 Å². The van der Waals surface area contributed by atoms with Crippen molar-refractivity contribution in [1.82, 2.24) is 4.31 Å². The second-order valence-electron chi connectivity index (χ2n) is 7.33. The van der Waals surface area contributed by atoms with Crippen LogP contribution < -0.4 is 4.74 Å². The van der Waals surface area contributed by atoms with Crippen molar-refractivity contribution < 1.29 is 41.0 Å². The smallest absolute Gasteiger partial charge is 0.331 e. The summed E-state index contributed by atoms with van der Waals surface area (Å²) in [5.41, 5.74) is 0.237. The van der Waals surface area contributed by atoms with Gasteiger partial charge in [0, 0.05) is 24.7 Å². The number of carbonyl (C=O) groups excluding carboxylic acids is 2. The standard InChI is InChI=1S/C23H23F2NO7S/c1-15(23(28)17-5-6-18(24)19(25)14-17)33-22(27)8-4-16-3-7-20(31-2)21(13-16)34(29,30)26-9-11-32-12-10-26/h3-8,13-15H,9-12H2,1-2H3. The van der Waals surface area contributed by atoms with Crippen molar-refractivity contribution in [2.75, 3.05) is 33.4 Å². The fourth-order valence-corrected chi connectivity index (χ4v) is 4.84. The van der Waals surface area contributed by atoms with Gasteiger partial charge in [-0.25, -0.2) is 22.0 Å². The lowest BCUT2D eigenvalue weighted by Crippen LogP contribution is -2.40. The fourth-order valence-electron chi connectivity index (χ4n) is 3.24. The maximum atomic E-state index is 13.4. The number of esters is 1. The number of hydrogen-bond donors (Lipinski definition) is 0. The summed E-state index contributed by atoms with van der Waals surface area (Å²) in [5.74, 6) is -3.72. The molecule has 1 aliphatic rings. The highest BCUT2D eigenvalue weighted by atomic mass is 32.2. The van der Waals surface area contributed by atoms with Gasteiger partial charge in [-0.15, -0.1) is 0 Å². The Morgan fingerprint density at radius 1 is 1.09 bits per heavy atom. The van der Waals surface area contributed by atoms with E-state index < -0.39 is 39.5 Å². The molecule has 182 valence electrons. The third-order valence-corrected chi connectivity index (χ3v) is 6.97. The van der Waals surface area contributed by atoms with Gasteiger partial charge in [-0.05, 0) is 48.9 Å². The topological polar surface area (TPSA) is 99.2 Å². The highest BCUT2D eigenvalue weighted by Crippen LogP contribution is 2.29. The van der Waals surface area contributed by atoms with E-state index in [0.717, 1.165) is 24.3 Å². The molecule has 1 atom stereocenters. The number of carbonyl (C=O) groups is 2. The first-order chi connectivity index (χ1) is 16.1. The van der Waals surface area contributed by atoms with E-state index in [2.05, 4.69) is 0 Å². The average molecular weight is 496 g/mol. The molecule has 0 amide bonds. The molecule has 3 rings (SSSR count). The maximum Gasteiger partial charge on any atom is 0.331 e. The summed E-state index contributed by atoms with van der Waals surface area (Å²) in [6.07, 6.45) is 1.10. The predicted octanol–water partition coefficient (Wildman–Crippen LogP) is 2.82. The van der Waals surface area contributed by atoms with Gasteiger partial charge < -0.3 is 14.2 Å². The van der Waals surface area contributed by atoms with Crippen LogP contribution in [0.4, 0.5) is 8.78 Å². The molecule has 2 aromatic carbocycles. The molecule has 0 aliphatic carbocycles. The molecular formula is C23H23F2NO7S. The second kappa shape index (κ2) is 10.9. The Labute approximate surface area is 195 Å². The average Bonchev–Trinajstić information content (AvgIpc) is 2.84. The van der Waals surface area contributed by atoms with Crippen LogP contribution in [0.25, 0.3) is 6.08 Å². The summed E-state index contributed by atoms with van der Waals surface area (Å²) in [6.45, 7) is 2.29. The van der Waals surface area contributed by atoms with Crippen LogP contribution in [0.5, 0.6) is 5.75 Å². The lowest BCUT2D eigenvalue weighted by Gasteiger charge is -2.26. The molecule has 34 heavy (non-hydrogen) atoms. The number of Topliss-reactive ketones (excluding diaryl/α,β-unsaturated/α-hetero) is 1. The van der Waals surface area contributed by atoms with Gasteiger partial charge in [-0.1, -0.05) is 6.07 Å². The number of halogens is 2. The van der Waals surface area contributed by atoms with E-state index in [1.54, 1.807) is 6.07 Å². The number of rotatable bonds is 8. The Hall–Kier alpha value is -3.15. The summed E-state index contributed by atoms with van der Waals surface area (Å²) < 4.78 is 69.2. The molecule has 8 nitrogen and oxygen atoms in total. The Balaban J connectivity index is 1.73. The van der Waals surface area contributed by atoms with Crippen molar-refractivity contribution in [3.63, 3.8) is 0 Å². The van der Waals surface area contributed by atoms with Gasteiger partial charge in [0.05, 0.1) is 20.3 Å². The molecule has 1 fully saturated rings. The zero-order chi connectivity index (χ0) is 24.9. The molecule has 1 saturated heterocycles. The fraction of sp³-hybridized carbons (Fsp3) is 0.304. The molecule has 0 N–H and O–H groups in total. The maximum absolute atomic E-state index is 13.4. The number of hydrogen-bond acceptors (Lipinski definition) is 7. The first kappa shape index (κ1) is 25.5. The summed E-state index contributed by atoms with van der Waals surface area (Å²) in [7, 11) is -2.50. The Bertz CT molecular complexity index is 1210. The lowest BCUT2D eigenvalue weighted by molar-refractivity contribution is -0.140. The van der Waals surface area contributed by atoms with Crippen molar-refractivity contribution >= 4 is 27.9 Å². The van der Waals surface area contributed by atoms with E-state index >= 15 is 0 Å². The third kappa shape index (κ3) is 5.85. The number of methoxy groups -OCH3 is 1. The van der Waals surface area contributed by atoms with E-state index in [9.17, 15) is 26.8 Å². The minimum Gasteiger partial charge on any atom is -0.495 e. The second-order valence-corrected chi connectivity index (χ2v) is 9.24. The van der Waals surface area contributed by atoms with Crippen molar-refractivity contribution in [2.45, 2.75) is 17.9 Å². The zero-order valence-electron chi connectivity index (χ0n) is 18.5. The zero-order valence-corrected chi connectivity index (χ0v) is 19.3. The van der Waals surface area contributed by atoms with Crippen molar-refractivity contribution in [1.29, 1.82) is 0 Å². The molecule has 2 aromatic rings. The van der Waals surface area contributed by atoms with E-state index in [1.165, 1.54) is 36.5 Å². The molecular weight excluding hydrogens is 472 g/mol. The van der Waals surface area contributed by atoms with Crippen LogP contribution in [0.15, 0.2) is 47.4 Å². The summed E-state index contributed by atoms with van der Waals surface area (Å²) in [4.78, 5) is 24.4. The largest absolute Gasteiger partial charge is 0.495 e. The highest BCUT2D eigenvalue weighted by molar-refractivity contribution is 7.89. The van der Waals surface area contributed by atoms with Crippen LogP contribution in [0.2, 0.25) is 0 Å². The van der Waals surface area contributed by atoms with Crippen molar-refractivity contribution in [3.05, 3.63) is 65.2 Å². The lowest BCUT2D eigenvalue weighted by atomic mass is 10.1. The Kier molecular flexibility index (Phi) is 8.13. The Morgan fingerprint density at radius 3 is 2.44 bits per heavy atom. The number of morpholine rings is 1. The van der Waals surface area contributed by atoms with E-state index in [4.69, 9.17) is 14.2 Å². The normalized spacial score (nSPS) is 15.8. The molecule has 0 spiro atoms. The molecule has 0 radical (unpaired) electrons. The van der Waals surface area contributed by atoms with Crippen LogP contribution in [-0.4, -0.2) is 64.0 Å². The number of benzene rings is 2. The molecule has 1 aliphatic heterocycles. The van der Waals surface area contributed by atoms with Gasteiger partial charge in [0.2, 0.25) is 15.8 Å². The minimum atomic E-state index is -3.86. The number of ketones is 1. The van der Waals surface area contributed by atoms with Crippen LogP contribution in [-0.2, 0) is 24.3 Å². The Morgan fingerprint density at radius 2 is 1.79 bits per heavy atom. The van der Waals surface area contributed by atoms with E-state index in [-0.39, 0.29) is 42.5 Å². The van der Waals surface area contributed by atoms with Gasteiger partial charge in [-0.3, -0.25) is 4.79 Å². The van der Waals surface area contributed by atoms with Crippen molar-refractivity contribution in [3.8, 4) is 5.75 Å². The van der Waals surface area contributed by atoms with Gasteiger partial charge in [0.15, 0.2) is 17.7 Å². The number of nitrogens with zero attached hydrogens (tertiary/aromatic N) is 1. The quantitative estimate of drug-likeness (QED) is 0.316. The van der Waals surface area contributed by atoms with E-state index in [0.29, 0.717) is 5.56 Å². The highest BCUT2D eigenvalue weighted by Gasteiger charge is 2.29. The monoisotopic (exact) mass is 495 g/mol. The van der Waals surface area contributed by atoms with Crippen LogP contribution >= 0.6 is 0 Å². The first-order valence-electron chi connectivity index (χ1n) is 10.3. The molecule has 1 heterocycles. The van der Waals surface area contributed by atoms with Gasteiger partial charge in [0.25, 0.3) is 0 Å². The molecule has 11 heteroatoms. The summed E-state index contributed by atoms with van der Waals surface area (Å²) in [5, 5.41) is 0. The molecule has 1 unspecified atom stereocenters. The van der Waals surface area contributed by atoms with Crippen molar-refractivity contribution in [2.24, 2.45) is 0 Å².